The molecule has 0 radical (unpaired) electrons. The van der Waals surface area contributed by atoms with Crippen molar-refractivity contribution in [2.24, 2.45) is 5.41 Å². The van der Waals surface area contributed by atoms with Gasteiger partial charge >= 0.3 is 0 Å². The highest BCUT2D eigenvalue weighted by Gasteiger charge is 2.30. The average Bonchev–Trinajstić information content (AvgIpc) is 2.76. The van der Waals surface area contributed by atoms with E-state index >= 15 is 0 Å². The summed E-state index contributed by atoms with van der Waals surface area (Å²) in [7, 11) is 0. The van der Waals surface area contributed by atoms with Crippen LogP contribution in [0, 0.1) is 5.41 Å². The van der Waals surface area contributed by atoms with Gasteiger partial charge in [0.2, 0.25) is 0 Å². The molecule has 0 saturated heterocycles. The normalized spacial score (nSPS) is 21.9. The molecular formula is C16H21N3. The van der Waals surface area contributed by atoms with Crippen molar-refractivity contribution in [1.82, 2.24) is 15.3 Å². The van der Waals surface area contributed by atoms with Crippen LogP contribution in [0.4, 0.5) is 0 Å². The first-order valence-electron chi connectivity index (χ1n) is 7.06. The van der Waals surface area contributed by atoms with Crippen molar-refractivity contribution in [2.45, 2.75) is 45.7 Å². The number of benzene rings is 1. The summed E-state index contributed by atoms with van der Waals surface area (Å²) in [5, 5.41) is 3.62. The fourth-order valence-electron chi connectivity index (χ4n) is 2.94. The molecule has 3 nitrogen and oxygen atoms in total. The molecule has 1 aliphatic carbocycles. The SMILES string of the molecule is CC1(C)CCC(NCc2cnc3ccccc3n2)C1. The first-order valence-corrected chi connectivity index (χ1v) is 7.06. The summed E-state index contributed by atoms with van der Waals surface area (Å²) in [6, 6.07) is 8.65. The van der Waals surface area contributed by atoms with Gasteiger partial charge in [-0.15, -0.1) is 0 Å². The van der Waals surface area contributed by atoms with Crippen LogP contribution in [0.3, 0.4) is 0 Å². The van der Waals surface area contributed by atoms with Gasteiger partial charge in [-0.05, 0) is 36.8 Å². The predicted molar refractivity (Wildman–Crippen MR) is 77.8 cm³/mol. The van der Waals surface area contributed by atoms with E-state index in [0.29, 0.717) is 11.5 Å². The molecule has 2 aromatic rings. The Morgan fingerprint density at radius 1 is 1.26 bits per heavy atom. The van der Waals surface area contributed by atoms with E-state index in [-0.39, 0.29) is 0 Å². The van der Waals surface area contributed by atoms with E-state index in [4.69, 9.17) is 0 Å². The van der Waals surface area contributed by atoms with Crippen LogP contribution in [0.25, 0.3) is 11.0 Å². The highest BCUT2D eigenvalue weighted by Crippen LogP contribution is 2.36. The van der Waals surface area contributed by atoms with Gasteiger partial charge in [0, 0.05) is 12.6 Å². The summed E-state index contributed by atoms with van der Waals surface area (Å²) in [6.45, 7) is 5.52. The van der Waals surface area contributed by atoms with Crippen LogP contribution in [-0.4, -0.2) is 16.0 Å². The minimum absolute atomic E-state index is 0.493. The highest BCUT2D eigenvalue weighted by molar-refractivity contribution is 5.73. The molecule has 3 heteroatoms. The smallest absolute Gasteiger partial charge is 0.0890 e. The van der Waals surface area contributed by atoms with Crippen molar-refractivity contribution >= 4 is 11.0 Å². The Labute approximate surface area is 114 Å². The summed E-state index contributed by atoms with van der Waals surface area (Å²) in [6.07, 6.45) is 5.73. The van der Waals surface area contributed by atoms with Crippen LogP contribution in [0.1, 0.15) is 38.8 Å². The maximum atomic E-state index is 4.65. The number of rotatable bonds is 3. The minimum atomic E-state index is 0.493. The van der Waals surface area contributed by atoms with E-state index in [1.54, 1.807) is 0 Å². The summed E-state index contributed by atoms with van der Waals surface area (Å²) in [5.41, 5.74) is 3.47. The lowest BCUT2D eigenvalue weighted by atomic mass is 9.92. The van der Waals surface area contributed by atoms with Gasteiger partial charge in [0.1, 0.15) is 0 Å². The van der Waals surface area contributed by atoms with Crippen molar-refractivity contribution in [2.75, 3.05) is 0 Å². The molecule has 0 aliphatic heterocycles. The Bertz CT molecular complexity index is 577. The zero-order valence-electron chi connectivity index (χ0n) is 11.7. The molecule has 1 unspecified atom stereocenters. The molecule has 0 spiro atoms. The Balaban J connectivity index is 1.66. The largest absolute Gasteiger partial charge is 0.308 e. The van der Waals surface area contributed by atoms with E-state index in [2.05, 4.69) is 29.1 Å². The topological polar surface area (TPSA) is 37.8 Å². The fraction of sp³-hybridized carbons (Fsp3) is 0.500. The van der Waals surface area contributed by atoms with E-state index < -0.39 is 0 Å². The number of hydrogen-bond acceptors (Lipinski definition) is 3. The van der Waals surface area contributed by atoms with Gasteiger partial charge in [0.15, 0.2) is 0 Å². The summed E-state index contributed by atoms with van der Waals surface area (Å²) in [4.78, 5) is 9.10. The van der Waals surface area contributed by atoms with Crippen molar-refractivity contribution in [3.8, 4) is 0 Å². The second-order valence-electron chi connectivity index (χ2n) is 6.33. The van der Waals surface area contributed by atoms with Crippen LogP contribution in [0.5, 0.6) is 0 Å². The van der Waals surface area contributed by atoms with Gasteiger partial charge in [0.25, 0.3) is 0 Å². The zero-order chi connectivity index (χ0) is 13.3. The lowest BCUT2D eigenvalue weighted by Gasteiger charge is -2.17. The molecule has 0 bridgehead atoms. The predicted octanol–water partition coefficient (Wildman–Crippen LogP) is 3.30. The van der Waals surface area contributed by atoms with Crippen molar-refractivity contribution in [3.05, 3.63) is 36.2 Å². The number of hydrogen-bond donors (Lipinski definition) is 1. The number of para-hydroxylation sites is 2. The lowest BCUT2D eigenvalue weighted by Crippen LogP contribution is -2.27. The number of nitrogens with one attached hydrogen (secondary N) is 1. The molecule has 1 atom stereocenters. The van der Waals surface area contributed by atoms with E-state index in [0.717, 1.165) is 23.3 Å². The van der Waals surface area contributed by atoms with Crippen molar-refractivity contribution in [3.63, 3.8) is 0 Å². The van der Waals surface area contributed by atoms with E-state index in [1.807, 2.05) is 30.5 Å². The molecule has 1 aromatic heterocycles. The molecule has 1 aliphatic rings. The summed E-state index contributed by atoms with van der Waals surface area (Å²) in [5.74, 6) is 0. The number of fused-ring (bicyclic) bond motifs is 1. The minimum Gasteiger partial charge on any atom is -0.308 e. The van der Waals surface area contributed by atoms with Crippen LogP contribution >= 0.6 is 0 Å². The Hall–Kier alpha value is -1.48. The van der Waals surface area contributed by atoms with Gasteiger partial charge < -0.3 is 5.32 Å². The maximum absolute atomic E-state index is 4.65. The van der Waals surface area contributed by atoms with Crippen LogP contribution in [0.15, 0.2) is 30.5 Å². The standard InChI is InChI=1S/C16H21N3/c1-16(2)8-7-12(9-16)17-10-13-11-18-14-5-3-4-6-15(14)19-13/h3-6,11-12,17H,7-10H2,1-2H3. The second-order valence-corrected chi connectivity index (χ2v) is 6.33. The van der Waals surface area contributed by atoms with E-state index in [9.17, 15) is 0 Å². The first-order chi connectivity index (χ1) is 9.12. The van der Waals surface area contributed by atoms with Crippen LogP contribution in [-0.2, 0) is 6.54 Å². The molecule has 1 fully saturated rings. The van der Waals surface area contributed by atoms with Gasteiger partial charge in [-0.1, -0.05) is 26.0 Å². The van der Waals surface area contributed by atoms with Gasteiger partial charge in [0.05, 0.1) is 22.9 Å². The Morgan fingerprint density at radius 3 is 2.79 bits per heavy atom. The van der Waals surface area contributed by atoms with Crippen molar-refractivity contribution in [1.29, 1.82) is 0 Å². The molecular weight excluding hydrogens is 234 g/mol. The molecule has 3 rings (SSSR count). The zero-order valence-corrected chi connectivity index (χ0v) is 11.7. The van der Waals surface area contributed by atoms with Gasteiger partial charge in [-0.2, -0.15) is 0 Å². The third-order valence-electron chi connectivity index (χ3n) is 4.04. The molecule has 100 valence electrons. The molecule has 19 heavy (non-hydrogen) atoms. The lowest BCUT2D eigenvalue weighted by molar-refractivity contribution is 0.364. The first kappa shape index (κ1) is 12.5. The Kier molecular flexibility index (Phi) is 3.23. The number of aromatic nitrogens is 2. The third kappa shape index (κ3) is 2.92. The third-order valence-corrected chi connectivity index (χ3v) is 4.04. The monoisotopic (exact) mass is 255 g/mol. The molecule has 1 saturated carbocycles. The second kappa shape index (κ2) is 4.89. The van der Waals surface area contributed by atoms with Crippen LogP contribution < -0.4 is 5.32 Å². The summed E-state index contributed by atoms with van der Waals surface area (Å²) >= 11 is 0. The van der Waals surface area contributed by atoms with Gasteiger partial charge in [-0.25, -0.2) is 4.98 Å². The summed E-state index contributed by atoms with van der Waals surface area (Å²) < 4.78 is 0. The highest BCUT2D eigenvalue weighted by atomic mass is 14.9. The molecule has 0 amide bonds. The van der Waals surface area contributed by atoms with Crippen molar-refractivity contribution < 1.29 is 0 Å². The van der Waals surface area contributed by atoms with Crippen LogP contribution in [0.2, 0.25) is 0 Å². The average molecular weight is 255 g/mol. The van der Waals surface area contributed by atoms with Gasteiger partial charge in [-0.3, -0.25) is 4.98 Å². The fourth-order valence-corrected chi connectivity index (χ4v) is 2.94. The van der Waals surface area contributed by atoms with E-state index in [1.165, 1.54) is 19.3 Å². The molecule has 1 N–H and O–H groups in total. The molecule has 1 aromatic carbocycles. The number of nitrogens with zero attached hydrogens (tertiary/aromatic N) is 2. The maximum Gasteiger partial charge on any atom is 0.0890 e. The quantitative estimate of drug-likeness (QED) is 0.914. The molecule has 1 heterocycles. The Morgan fingerprint density at radius 2 is 2.05 bits per heavy atom.